The predicted octanol–water partition coefficient (Wildman–Crippen LogP) is 2.53. The molecule has 1 saturated carbocycles. The summed E-state index contributed by atoms with van der Waals surface area (Å²) < 4.78 is 5.47. The number of amides is 1. The molecule has 0 radical (unpaired) electrons. The highest BCUT2D eigenvalue weighted by atomic mass is 35.5. The maximum atomic E-state index is 11.8. The molecule has 1 aromatic carbocycles. The van der Waals surface area contributed by atoms with Gasteiger partial charge in [0.2, 0.25) is 5.91 Å². The Morgan fingerprint density at radius 3 is 2.70 bits per heavy atom. The molecule has 1 aromatic rings. The van der Waals surface area contributed by atoms with E-state index in [-0.39, 0.29) is 18.4 Å². The van der Waals surface area contributed by atoms with Crippen molar-refractivity contribution >= 4 is 17.5 Å². The number of aliphatic hydroxyl groups excluding tert-OH is 1. The first kappa shape index (κ1) is 15.1. The summed E-state index contributed by atoms with van der Waals surface area (Å²) in [6, 6.07) is 6.92. The van der Waals surface area contributed by atoms with Crippen molar-refractivity contribution in [1.29, 1.82) is 0 Å². The Kier molecular flexibility index (Phi) is 5.68. The molecule has 0 aliphatic heterocycles. The topological polar surface area (TPSA) is 58.6 Å². The number of halogens is 1. The van der Waals surface area contributed by atoms with Crippen LogP contribution < -0.4 is 10.1 Å². The first-order valence-corrected chi connectivity index (χ1v) is 7.39. The van der Waals surface area contributed by atoms with Crippen LogP contribution in [0.3, 0.4) is 0 Å². The molecule has 5 heteroatoms. The summed E-state index contributed by atoms with van der Waals surface area (Å²) in [5.74, 6) is 0.616. The average molecular weight is 298 g/mol. The molecule has 1 fully saturated rings. The Bertz CT molecular complexity index is 435. The van der Waals surface area contributed by atoms with Crippen molar-refractivity contribution in [3.63, 3.8) is 0 Å². The maximum Gasteiger partial charge on any atom is 0.223 e. The quantitative estimate of drug-likeness (QED) is 0.878. The predicted molar refractivity (Wildman–Crippen MR) is 78.0 cm³/mol. The minimum atomic E-state index is -0.412. The fourth-order valence-electron chi connectivity index (χ4n) is 2.35. The van der Waals surface area contributed by atoms with Gasteiger partial charge in [-0.1, -0.05) is 24.4 Å². The summed E-state index contributed by atoms with van der Waals surface area (Å²) in [5, 5.41) is 13.3. The second-order valence-electron chi connectivity index (χ2n) is 5.08. The van der Waals surface area contributed by atoms with Crippen LogP contribution in [0.5, 0.6) is 5.75 Å². The van der Waals surface area contributed by atoms with Crippen LogP contribution in [0, 0.1) is 0 Å². The van der Waals surface area contributed by atoms with Crippen molar-refractivity contribution in [2.45, 2.75) is 44.2 Å². The van der Waals surface area contributed by atoms with E-state index in [1.807, 2.05) is 0 Å². The van der Waals surface area contributed by atoms with E-state index in [1.165, 1.54) is 0 Å². The monoisotopic (exact) mass is 297 g/mol. The zero-order chi connectivity index (χ0) is 14.4. The van der Waals surface area contributed by atoms with Gasteiger partial charge in [0, 0.05) is 5.02 Å². The number of ether oxygens (including phenoxy) is 1. The Balaban J connectivity index is 1.68. The third-order valence-corrected chi connectivity index (χ3v) is 3.74. The lowest BCUT2D eigenvalue weighted by Gasteiger charge is -2.28. The van der Waals surface area contributed by atoms with Crippen LogP contribution in [-0.2, 0) is 4.79 Å². The molecule has 1 aliphatic carbocycles. The summed E-state index contributed by atoms with van der Waals surface area (Å²) in [4.78, 5) is 11.8. The molecule has 1 aliphatic rings. The van der Waals surface area contributed by atoms with Crippen LogP contribution in [0.25, 0.3) is 0 Å². The fourth-order valence-corrected chi connectivity index (χ4v) is 2.48. The van der Waals surface area contributed by atoms with Gasteiger partial charge in [-0.05, 0) is 37.1 Å². The zero-order valence-corrected chi connectivity index (χ0v) is 12.1. The molecule has 2 atom stereocenters. The van der Waals surface area contributed by atoms with Crippen LogP contribution >= 0.6 is 11.6 Å². The third-order valence-electron chi connectivity index (χ3n) is 3.49. The largest absolute Gasteiger partial charge is 0.493 e. The van der Waals surface area contributed by atoms with Crippen molar-refractivity contribution in [2.75, 3.05) is 6.61 Å². The minimum absolute atomic E-state index is 0.0788. The summed E-state index contributed by atoms with van der Waals surface area (Å²) in [5.41, 5.74) is 0. The van der Waals surface area contributed by atoms with Gasteiger partial charge in [0.05, 0.1) is 25.2 Å². The highest BCUT2D eigenvalue weighted by Crippen LogP contribution is 2.18. The van der Waals surface area contributed by atoms with E-state index in [2.05, 4.69) is 5.32 Å². The number of nitrogens with one attached hydrogen (secondary N) is 1. The smallest absolute Gasteiger partial charge is 0.223 e. The molecule has 110 valence electrons. The van der Waals surface area contributed by atoms with E-state index in [9.17, 15) is 9.90 Å². The molecule has 0 spiro atoms. The number of carbonyl (C=O) groups is 1. The molecule has 0 heterocycles. The second kappa shape index (κ2) is 7.50. The molecular formula is C15H20ClNO3. The molecule has 1 amide bonds. The van der Waals surface area contributed by atoms with Gasteiger partial charge in [-0.2, -0.15) is 0 Å². The lowest BCUT2D eigenvalue weighted by Crippen LogP contribution is -2.45. The molecule has 2 unspecified atom stereocenters. The molecule has 0 bridgehead atoms. The van der Waals surface area contributed by atoms with E-state index in [0.29, 0.717) is 17.4 Å². The summed E-state index contributed by atoms with van der Waals surface area (Å²) in [6.45, 7) is 0.316. The highest BCUT2D eigenvalue weighted by Gasteiger charge is 2.24. The van der Waals surface area contributed by atoms with Gasteiger partial charge in [-0.15, -0.1) is 0 Å². The number of benzene rings is 1. The SMILES string of the molecule is O=C(CCOc1ccc(Cl)cc1)NC1CCCCC1O. The Hall–Kier alpha value is -1.26. The Morgan fingerprint density at radius 2 is 2.00 bits per heavy atom. The van der Waals surface area contributed by atoms with Gasteiger partial charge < -0.3 is 15.2 Å². The zero-order valence-electron chi connectivity index (χ0n) is 11.3. The normalized spacial score (nSPS) is 22.3. The van der Waals surface area contributed by atoms with Gasteiger partial charge in [0.1, 0.15) is 5.75 Å². The molecule has 20 heavy (non-hydrogen) atoms. The first-order chi connectivity index (χ1) is 9.65. The van der Waals surface area contributed by atoms with Crippen molar-refractivity contribution in [2.24, 2.45) is 0 Å². The molecule has 4 nitrogen and oxygen atoms in total. The standard InChI is InChI=1S/C15H20ClNO3/c16-11-5-7-12(8-6-11)20-10-9-15(19)17-13-3-1-2-4-14(13)18/h5-8,13-14,18H,1-4,9-10H2,(H,17,19). The van der Waals surface area contributed by atoms with E-state index in [4.69, 9.17) is 16.3 Å². The van der Waals surface area contributed by atoms with Gasteiger partial charge in [-0.3, -0.25) is 4.79 Å². The molecule has 0 saturated heterocycles. The average Bonchev–Trinajstić information content (AvgIpc) is 2.44. The fraction of sp³-hybridized carbons (Fsp3) is 0.533. The van der Waals surface area contributed by atoms with Gasteiger partial charge in [0.25, 0.3) is 0 Å². The third kappa shape index (κ3) is 4.69. The first-order valence-electron chi connectivity index (χ1n) is 7.01. The van der Waals surface area contributed by atoms with Gasteiger partial charge >= 0.3 is 0 Å². The maximum absolute atomic E-state index is 11.8. The van der Waals surface area contributed by atoms with Gasteiger partial charge in [-0.25, -0.2) is 0 Å². The summed E-state index contributed by atoms with van der Waals surface area (Å²) >= 11 is 5.77. The number of hydrogen-bond acceptors (Lipinski definition) is 3. The lowest BCUT2D eigenvalue weighted by atomic mass is 9.92. The van der Waals surface area contributed by atoms with Crippen molar-refractivity contribution < 1.29 is 14.6 Å². The van der Waals surface area contributed by atoms with E-state index < -0.39 is 6.10 Å². The molecule has 0 aromatic heterocycles. The summed E-state index contributed by atoms with van der Waals surface area (Å²) in [7, 11) is 0. The number of carbonyl (C=O) groups excluding carboxylic acids is 1. The van der Waals surface area contributed by atoms with Crippen molar-refractivity contribution in [3.05, 3.63) is 29.3 Å². The van der Waals surface area contributed by atoms with Crippen molar-refractivity contribution in [3.8, 4) is 5.75 Å². The highest BCUT2D eigenvalue weighted by molar-refractivity contribution is 6.30. The second-order valence-corrected chi connectivity index (χ2v) is 5.51. The summed E-state index contributed by atoms with van der Waals surface area (Å²) in [6.07, 6.45) is 3.59. The number of rotatable bonds is 5. The van der Waals surface area contributed by atoms with E-state index in [1.54, 1.807) is 24.3 Å². The van der Waals surface area contributed by atoms with Crippen LogP contribution in [0.2, 0.25) is 5.02 Å². The van der Waals surface area contributed by atoms with Crippen LogP contribution in [-0.4, -0.2) is 29.8 Å². The van der Waals surface area contributed by atoms with Crippen molar-refractivity contribution in [1.82, 2.24) is 5.32 Å². The lowest BCUT2D eigenvalue weighted by molar-refractivity contribution is -0.123. The van der Waals surface area contributed by atoms with Crippen LogP contribution in [0.15, 0.2) is 24.3 Å². The van der Waals surface area contributed by atoms with Gasteiger partial charge in [0.15, 0.2) is 0 Å². The number of aliphatic hydroxyl groups is 1. The molecular weight excluding hydrogens is 278 g/mol. The van der Waals surface area contributed by atoms with E-state index in [0.717, 1.165) is 25.7 Å². The van der Waals surface area contributed by atoms with Crippen LogP contribution in [0.1, 0.15) is 32.1 Å². The van der Waals surface area contributed by atoms with E-state index >= 15 is 0 Å². The number of hydrogen-bond donors (Lipinski definition) is 2. The Morgan fingerprint density at radius 1 is 1.30 bits per heavy atom. The molecule has 2 N–H and O–H groups in total. The minimum Gasteiger partial charge on any atom is -0.493 e. The Labute approximate surface area is 124 Å². The van der Waals surface area contributed by atoms with Crippen LogP contribution in [0.4, 0.5) is 0 Å². The molecule has 2 rings (SSSR count).